The number of rotatable bonds is 7. The highest BCUT2D eigenvalue weighted by Gasteiger charge is 2.15. The van der Waals surface area contributed by atoms with Crippen LogP contribution < -0.4 is 10.6 Å². The van der Waals surface area contributed by atoms with Gasteiger partial charge < -0.3 is 20.6 Å². The Balaban J connectivity index is 1.62. The van der Waals surface area contributed by atoms with E-state index in [0.29, 0.717) is 6.42 Å². The van der Waals surface area contributed by atoms with Gasteiger partial charge in [-0.25, -0.2) is 4.79 Å². The zero-order chi connectivity index (χ0) is 16.5. The molecule has 2 amide bonds. The Hall–Kier alpha value is -1.59. The predicted octanol–water partition coefficient (Wildman–Crippen LogP) is 1.76. The molecule has 1 aromatic rings. The molecule has 0 aliphatic carbocycles. The lowest BCUT2D eigenvalue weighted by Crippen LogP contribution is -2.48. The summed E-state index contributed by atoms with van der Waals surface area (Å²) in [4.78, 5) is 14.3. The first kappa shape index (κ1) is 17.8. The van der Waals surface area contributed by atoms with E-state index < -0.39 is 6.10 Å². The molecule has 1 saturated heterocycles. The van der Waals surface area contributed by atoms with Crippen molar-refractivity contribution in [2.75, 3.05) is 26.2 Å². The number of nitrogens with one attached hydrogen (secondary N) is 2. The standard InChI is InChI=1S/C18H29N3O2/c1-15(14-21-10-6-3-7-11-21)20-18(23)19-13-17(22)12-16-8-4-2-5-9-16/h2,4-5,8-9,15,17,22H,3,6-7,10-14H2,1H3,(H2,19,20,23). The van der Waals surface area contributed by atoms with Crippen LogP contribution in [0.5, 0.6) is 0 Å². The Morgan fingerprint density at radius 2 is 1.91 bits per heavy atom. The van der Waals surface area contributed by atoms with Gasteiger partial charge in [0.2, 0.25) is 0 Å². The number of piperidine rings is 1. The summed E-state index contributed by atoms with van der Waals surface area (Å²) >= 11 is 0. The summed E-state index contributed by atoms with van der Waals surface area (Å²) in [5.74, 6) is 0. The van der Waals surface area contributed by atoms with Crippen LogP contribution in [0.4, 0.5) is 4.79 Å². The molecule has 2 unspecified atom stereocenters. The van der Waals surface area contributed by atoms with Gasteiger partial charge in [0.15, 0.2) is 0 Å². The SMILES string of the molecule is CC(CN1CCCCC1)NC(=O)NCC(O)Cc1ccccc1. The molecule has 1 aliphatic rings. The van der Waals surface area contributed by atoms with Gasteiger partial charge in [-0.1, -0.05) is 36.8 Å². The summed E-state index contributed by atoms with van der Waals surface area (Å²) in [5.41, 5.74) is 1.07. The van der Waals surface area contributed by atoms with Crippen molar-refractivity contribution < 1.29 is 9.90 Å². The molecule has 3 N–H and O–H groups in total. The molecule has 5 heteroatoms. The highest BCUT2D eigenvalue weighted by Crippen LogP contribution is 2.08. The predicted molar refractivity (Wildman–Crippen MR) is 92.4 cm³/mol. The van der Waals surface area contributed by atoms with Crippen molar-refractivity contribution in [2.45, 2.75) is 44.8 Å². The van der Waals surface area contributed by atoms with Crippen molar-refractivity contribution in [2.24, 2.45) is 0 Å². The summed E-state index contributed by atoms with van der Waals surface area (Å²) in [6.07, 6.45) is 3.80. The van der Waals surface area contributed by atoms with Crippen LogP contribution in [0.15, 0.2) is 30.3 Å². The molecular formula is C18H29N3O2. The maximum Gasteiger partial charge on any atom is 0.315 e. The molecule has 2 atom stereocenters. The van der Waals surface area contributed by atoms with Gasteiger partial charge in [-0.3, -0.25) is 0 Å². The number of nitrogens with zero attached hydrogens (tertiary/aromatic N) is 1. The third-order valence-corrected chi connectivity index (χ3v) is 4.17. The van der Waals surface area contributed by atoms with Crippen LogP contribution in [-0.4, -0.2) is 54.4 Å². The van der Waals surface area contributed by atoms with Crippen LogP contribution in [0.25, 0.3) is 0 Å². The molecule has 1 aromatic carbocycles. The molecule has 128 valence electrons. The molecular weight excluding hydrogens is 290 g/mol. The number of carbonyl (C=O) groups excluding carboxylic acids is 1. The zero-order valence-electron chi connectivity index (χ0n) is 14.0. The van der Waals surface area contributed by atoms with Crippen LogP contribution in [0.1, 0.15) is 31.7 Å². The monoisotopic (exact) mass is 319 g/mol. The van der Waals surface area contributed by atoms with Crippen LogP contribution in [0, 0.1) is 0 Å². The molecule has 0 aromatic heterocycles. The second kappa shape index (κ2) is 9.53. The number of hydrogen-bond acceptors (Lipinski definition) is 3. The maximum absolute atomic E-state index is 11.9. The molecule has 1 aliphatic heterocycles. The molecule has 0 radical (unpaired) electrons. The fourth-order valence-electron chi connectivity index (χ4n) is 3.02. The van der Waals surface area contributed by atoms with Crippen LogP contribution in [0.3, 0.4) is 0 Å². The Bertz CT molecular complexity index is 461. The molecule has 0 saturated carbocycles. The van der Waals surface area contributed by atoms with Crippen LogP contribution in [0.2, 0.25) is 0 Å². The largest absolute Gasteiger partial charge is 0.391 e. The summed E-state index contributed by atoms with van der Waals surface area (Å²) in [6, 6.07) is 9.70. The molecule has 5 nitrogen and oxygen atoms in total. The van der Waals surface area contributed by atoms with Gasteiger partial charge in [0.1, 0.15) is 0 Å². The van der Waals surface area contributed by atoms with E-state index in [4.69, 9.17) is 0 Å². The molecule has 2 rings (SSSR count). The van der Waals surface area contributed by atoms with Gasteiger partial charge in [0.25, 0.3) is 0 Å². The van der Waals surface area contributed by atoms with E-state index in [-0.39, 0.29) is 18.6 Å². The normalized spacial score (nSPS) is 18.2. The van der Waals surface area contributed by atoms with Gasteiger partial charge in [-0.05, 0) is 38.4 Å². The van der Waals surface area contributed by atoms with Gasteiger partial charge in [0.05, 0.1) is 6.10 Å². The smallest absolute Gasteiger partial charge is 0.315 e. The second-order valence-corrected chi connectivity index (χ2v) is 6.46. The average Bonchev–Trinajstić information content (AvgIpc) is 2.55. The van der Waals surface area contributed by atoms with Crippen LogP contribution >= 0.6 is 0 Å². The van der Waals surface area contributed by atoms with Crippen LogP contribution in [-0.2, 0) is 6.42 Å². The van der Waals surface area contributed by atoms with Crippen molar-refractivity contribution in [3.63, 3.8) is 0 Å². The Morgan fingerprint density at radius 3 is 2.61 bits per heavy atom. The highest BCUT2D eigenvalue weighted by molar-refractivity contribution is 5.74. The maximum atomic E-state index is 11.9. The Labute approximate surface area is 139 Å². The van der Waals surface area contributed by atoms with E-state index in [0.717, 1.165) is 25.2 Å². The van der Waals surface area contributed by atoms with E-state index in [1.807, 2.05) is 37.3 Å². The minimum Gasteiger partial charge on any atom is -0.391 e. The first-order valence-electron chi connectivity index (χ1n) is 8.62. The lowest BCUT2D eigenvalue weighted by Gasteiger charge is -2.29. The molecule has 1 fully saturated rings. The number of hydrogen-bond donors (Lipinski definition) is 3. The topological polar surface area (TPSA) is 64.6 Å². The molecule has 23 heavy (non-hydrogen) atoms. The number of likely N-dealkylation sites (tertiary alicyclic amines) is 1. The van der Waals surface area contributed by atoms with Crippen molar-refractivity contribution in [1.82, 2.24) is 15.5 Å². The summed E-state index contributed by atoms with van der Waals surface area (Å²) in [6.45, 7) is 5.43. The minimum absolute atomic E-state index is 0.111. The van der Waals surface area contributed by atoms with E-state index in [1.54, 1.807) is 0 Å². The first-order chi connectivity index (χ1) is 11.1. The lowest BCUT2D eigenvalue weighted by atomic mass is 10.1. The Morgan fingerprint density at radius 1 is 1.22 bits per heavy atom. The van der Waals surface area contributed by atoms with E-state index in [2.05, 4.69) is 15.5 Å². The third-order valence-electron chi connectivity index (χ3n) is 4.17. The zero-order valence-corrected chi connectivity index (χ0v) is 14.0. The quantitative estimate of drug-likeness (QED) is 0.717. The third kappa shape index (κ3) is 7.01. The molecule has 0 spiro atoms. The van der Waals surface area contributed by atoms with Crippen molar-refractivity contribution in [1.29, 1.82) is 0 Å². The lowest BCUT2D eigenvalue weighted by molar-refractivity contribution is 0.168. The molecule has 1 heterocycles. The van der Waals surface area contributed by atoms with Gasteiger partial charge in [-0.2, -0.15) is 0 Å². The minimum atomic E-state index is -0.569. The van der Waals surface area contributed by atoms with Gasteiger partial charge in [-0.15, -0.1) is 0 Å². The fraction of sp³-hybridized carbons (Fsp3) is 0.611. The second-order valence-electron chi connectivity index (χ2n) is 6.46. The van der Waals surface area contributed by atoms with Crippen molar-refractivity contribution in [3.8, 4) is 0 Å². The number of carbonyl (C=O) groups is 1. The number of benzene rings is 1. The number of aliphatic hydroxyl groups excluding tert-OH is 1. The van der Waals surface area contributed by atoms with Gasteiger partial charge in [0, 0.05) is 25.6 Å². The average molecular weight is 319 g/mol. The summed E-state index contributed by atoms with van der Waals surface area (Å²) in [5, 5.41) is 15.7. The number of urea groups is 1. The van der Waals surface area contributed by atoms with E-state index in [1.165, 1.54) is 19.3 Å². The first-order valence-corrected chi connectivity index (χ1v) is 8.62. The Kier molecular flexibility index (Phi) is 7.36. The van der Waals surface area contributed by atoms with Crippen molar-refractivity contribution >= 4 is 6.03 Å². The van der Waals surface area contributed by atoms with Gasteiger partial charge >= 0.3 is 6.03 Å². The summed E-state index contributed by atoms with van der Waals surface area (Å²) in [7, 11) is 0. The number of amides is 2. The highest BCUT2D eigenvalue weighted by atomic mass is 16.3. The van der Waals surface area contributed by atoms with Crippen molar-refractivity contribution in [3.05, 3.63) is 35.9 Å². The van der Waals surface area contributed by atoms with E-state index >= 15 is 0 Å². The molecule has 0 bridgehead atoms. The fourth-order valence-corrected chi connectivity index (χ4v) is 3.02. The number of aliphatic hydroxyl groups is 1. The summed E-state index contributed by atoms with van der Waals surface area (Å²) < 4.78 is 0. The van der Waals surface area contributed by atoms with E-state index in [9.17, 15) is 9.90 Å².